The number of aliphatic hydroxyl groups is 1. The molecule has 3 rings (SSSR count). The summed E-state index contributed by atoms with van der Waals surface area (Å²) in [7, 11) is -3.74. The third-order valence-corrected chi connectivity index (χ3v) is 6.01. The fourth-order valence-corrected chi connectivity index (χ4v) is 4.11. The summed E-state index contributed by atoms with van der Waals surface area (Å²) in [6.45, 7) is 0.915. The molecule has 0 spiro atoms. The summed E-state index contributed by atoms with van der Waals surface area (Å²) in [5.41, 5.74) is -0.971. The molecular weight excluding hydrogens is 441 g/mol. The predicted molar refractivity (Wildman–Crippen MR) is 112 cm³/mol. The Morgan fingerprint density at radius 1 is 1.38 bits per heavy atom. The van der Waals surface area contributed by atoms with Gasteiger partial charge in [-0.3, -0.25) is 9.59 Å². The molecule has 10 nitrogen and oxygen atoms in total. The number of nitrogens with one attached hydrogen (secondary N) is 2. The van der Waals surface area contributed by atoms with Gasteiger partial charge in [-0.15, -0.1) is 0 Å². The molecule has 0 aliphatic carbocycles. The summed E-state index contributed by atoms with van der Waals surface area (Å²) in [6, 6.07) is 3.09. The van der Waals surface area contributed by atoms with Crippen molar-refractivity contribution in [2.45, 2.75) is 37.4 Å². The minimum atomic E-state index is -3.74. The lowest BCUT2D eigenvalue weighted by molar-refractivity contribution is 0.0941. The Balaban J connectivity index is 1.86. The van der Waals surface area contributed by atoms with Gasteiger partial charge >= 0.3 is 0 Å². The Bertz CT molecular complexity index is 1290. The molecule has 3 N–H and O–H groups in total. The third-order valence-electron chi connectivity index (χ3n) is 4.83. The van der Waals surface area contributed by atoms with E-state index in [1.165, 1.54) is 6.07 Å². The van der Waals surface area contributed by atoms with Gasteiger partial charge in [-0.05, 0) is 24.6 Å². The number of imidazole rings is 1. The van der Waals surface area contributed by atoms with Gasteiger partial charge < -0.3 is 20.0 Å². The number of halogens is 1. The number of aliphatic hydroxyl groups excluding tert-OH is 1. The van der Waals surface area contributed by atoms with Crippen LogP contribution in [0.5, 0.6) is 0 Å². The van der Waals surface area contributed by atoms with Gasteiger partial charge in [0.25, 0.3) is 11.5 Å². The average Bonchev–Trinajstić information content (AvgIpc) is 3.26. The summed E-state index contributed by atoms with van der Waals surface area (Å²) >= 11 is 0. The van der Waals surface area contributed by atoms with Crippen molar-refractivity contribution in [3.8, 4) is 0 Å². The fourth-order valence-electron chi connectivity index (χ4n) is 3.17. The Morgan fingerprint density at radius 3 is 2.75 bits per heavy atom. The molecule has 0 bridgehead atoms. The maximum absolute atomic E-state index is 13.5. The summed E-state index contributed by atoms with van der Waals surface area (Å²) < 4.78 is 39.2. The number of carbonyl (C=O) groups is 1. The zero-order valence-corrected chi connectivity index (χ0v) is 18.2. The van der Waals surface area contributed by atoms with E-state index in [0.29, 0.717) is 0 Å². The highest BCUT2D eigenvalue weighted by molar-refractivity contribution is 7.90. The van der Waals surface area contributed by atoms with Crippen LogP contribution < -0.4 is 10.9 Å². The molecule has 1 aromatic carbocycles. The topological polar surface area (TPSA) is 147 Å². The average molecular weight is 463 g/mol. The lowest BCUT2D eigenvalue weighted by Gasteiger charge is -2.14. The molecule has 1 atom stereocenters. The van der Waals surface area contributed by atoms with Crippen LogP contribution in [0.25, 0.3) is 0 Å². The van der Waals surface area contributed by atoms with Crippen LogP contribution in [0, 0.1) is 5.82 Å². The van der Waals surface area contributed by atoms with Crippen molar-refractivity contribution in [1.29, 1.82) is 0 Å². The van der Waals surface area contributed by atoms with Crippen molar-refractivity contribution in [2.75, 3.05) is 6.26 Å². The number of sulfone groups is 1. The van der Waals surface area contributed by atoms with Crippen molar-refractivity contribution in [1.82, 2.24) is 24.8 Å². The lowest BCUT2D eigenvalue weighted by atomic mass is 10.1. The van der Waals surface area contributed by atoms with Crippen molar-refractivity contribution >= 4 is 15.7 Å². The van der Waals surface area contributed by atoms with E-state index in [-0.39, 0.29) is 46.5 Å². The first-order valence-electron chi connectivity index (χ1n) is 9.57. The second-order valence-electron chi connectivity index (χ2n) is 7.27. The van der Waals surface area contributed by atoms with Gasteiger partial charge in [0.1, 0.15) is 17.3 Å². The number of aromatic nitrogens is 4. The smallest absolute Gasteiger partial charge is 0.270 e. The zero-order chi connectivity index (χ0) is 23.5. The Kier molecular flexibility index (Phi) is 6.84. The number of nitrogens with zero attached hydrogens (tertiary/aromatic N) is 3. The summed E-state index contributed by atoms with van der Waals surface area (Å²) in [5, 5.41) is 12.1. The van der Waals surface area contributed by atoms with E-state index in [9.17, 15) is 27.5 Å². The van der Waals surface area contributed by atoms with E-state index in [4.69, 9.17) is 0 Å². The first-order chi connectivity index (χ1) is 15.1. The fraction of sp³-hybridized carbons (Fsp3) is 0.300. The molecule has 2 aromatic heterocycles. The molecule has 0 saturated heterocycles. The van der Waals surface area contributed by atoms with Gasteiger partial charge in [0.2, 0.25) is 0 Å². The van der Waals surface area contributed by atoms with Gasteiger partial charge in [-0.2, -0.15) is 0 Å². The van der Waals surface area contributed by atoms with Crippen LogP contribution >= 0.6 is 0 Å². The molecule has 2 heterocycles. The standard InChI is InChI=1S/C20H22FN5O5S/c1-12(26-6-5-22-11-26)7-17-24-18(15(10-27)19(28)25-17)20(29)23-9-13-3-4-14(21)8-16(13)32(2,30)31/h3-6,8,11-12,27H,7,9-10H2,1-2H3,(H,23,29)(H,24,25,28). The highest BCUT2D eigenvalue weighted by Gasteiger charge is 2.20. The van der Waals surface area contributed by atoms with Crippen LogP contribution in [0.2, 0.25) is 0 Å². The Labute approximate surface area is 183 Å². The molecule has 32 heavy (non-hydrogen) atoms. The molecule has 1 unspecified atom stereocenters. The molecule has 0 aliphatic heterocycles. The number of benzene rings is 1. The third kappa shape index (κ3) is 5.26. The van der Waals surface area contributed by atoms with Crippen molar-refractivity contribution in [2.24, 2.45) is 0 Å². The number of hydrogen-bond acceptors (Lipinski definition) is 7. The van der Waals surface area contributed by atoms with Gasteiger partial charge in [-0.25, -0.2) is 22.8 Å². The largest absolute Gasteiger partial charge is 0.391 e. The highest BCUT2D eigenvalue weighted by Crippen LogP contribution is 2.18. The minimum Gasteiger partial charge on any atom is -0.391 e. The van der Waals surface area contributed by atoms with Gasteiger partial charge in [-0.1, -0.05) is 6.07 Å². The molecule has 3 aromatic rings. The van der Waals surface area contributed by atoms with E-state index in [1.54, 1.807) is 23.3 Å². The van der Waals surface area contributed by atoms with E-state index in [2.05, 4.69) is 20.3 Å². The van der Waals surface area contributed by atoms with Gasteiger partial charge in [0.05, 0.1) is 23.4 Å². The number of amides is 1. The summed E-state index contributed by atoms with van der Waals surface area (Å²) in [4.78, 5) is 35.6. The maximum atomic E-state index is 13.5. The molecule has 0 fully saturated rings. The van der Waals surface area contributed by atoms with E-state index >= 15 is 0 Å². The molecule has 170 valence electrons. The first kappa shape index (κ1) is 23.3. The van der Waals surface area contributed by atoms with Gasteiger partial charge in [0, 0.05) is 37.7 Å². The summed E-state index contributed by atoms with van der Waals surface area (Å²) in [5.74, 6) is -1.27. The monoisotopic (exact) mass is 463 g/mol. The zero-order valence-electron chi connectivity index (χ0n) is 17.4. The molecule has 12 heteroatoms. The second-order valence-corrected chi connectivity index (χ2v) is 9.25. The number of aromatic amines is 1. The van der Waals surface area contributed by atoms with E-state index in [1.807, 2.05) is 6.92 Å². The number of carbonyl (C=O) groups excluding carboxylic acids is 1. The molecule has 0 aliphatic rings. The molecule has 1 amide bonds. The summed E-state index contributed by atoms with van der Waals surface area (Å²) in [6.07, 6.45) is 6.19. The highest BCUT2D eigenvalue weighted by atomic mass is 32.2. The van der Waals surface area contributed by atoms with E-state index < -0.39 is 33.7 Å². The quantitative estimate of drug-likeness (QED) is 0.446. The number of rotatable bonds is 8. The Morgan fingerprint density at radius 2 is 2.12 bits per heavy atom. The van der Waals surface area contributed by atoms with Crippen LogP contribution in [-0.2, 0) is 29.4 Å². The van der Waals surface area contributed by atoms with Crippen LogP contribution in [0.1, 0.15) is 40.4 Å². The van der Waals surface area contributed by atoms with Crippen LogP contribution in [0.3, 0.4) is 0 Å². The first-order valence-corrected chi connectivity index (χ1v) is 11.5. The molecule has 0 saturated carbocycles. The lowest BCUT2D eigenvalue weighted by Crippen LogP contribution is -2.31. The Hall–Kier alpha value is -3.38. The van der Waals surface area contributed by atoms with E-state index in [0.717, 1.165) is 18.4 Å². The number of hydrogen-bond donors (Lipinski definition) is 3. The number of H-pyrrole nitrogens is 1. The SMILES string of the molecule is CC(Cc1nc(C(=O)NCc2ccc(F)cc2S(C)(=O)=O)c(CO)c(=O)[nH]1)n1ccnc1. The van der Waals surface area contributed by atoms with Gasteiger partial charge in [0.15, 0.2) is 9.84 Å². The van der Waals surface area contributed by atoms with Crippen LogP contribution in [-0.4, -0.2) is 45.2 Å². The van der Waals surface area contributed by atoms with Crippen molar-refractivity contribution in [3.05, 3.63) is 75.7 Å². The maximum Gasteiger partial charge on any atom is 0.270 e. The van der Waals surface area contributed by atoms with Crippen LogP contribution in [0.15, 0.2) is 46.6 Å². The minimum absolute atomic E-state index is 0.118. The van der Waals surface area contributed by atoms with Crippen LogP contribution in [0.4, 0.5) is 4.39 Å². The second kappa shape index (κ2) is 9.40. The molecular formula is C20H22FN5O5S. The molecule has 0 radical (unpaired) electrons. The van der Waals surface area contributed by atoms with Crippen molar-refractivity contribution in [3.63, 3.8) is 0 Å². The normalized spacial score (nSPS) is 12.5. The van der Waals surface area contributed by atoms with Crippen molar-refractivity contribution < 1.29 is 22.7 Å². The predicted octanol–water partition coefficient (Wildman–Crippen LogP) is 0.735.